The molecule has 17 heteroatoms. The first-order valence-corrected chi connectivity index (χ1v) is 14.4. The molecular weight excluding hydrogens is 570 g/mol. The average molecular weight is 612 g/mol. The summed E-state index contributed by atoms with van der Waals surface area (Å²) >= 11 is 0. The lowest BCUT2D eigenvalue weighted by molar-refractivity contribution is -0.149. The summed E-state index contributed by atoms with van der Waals surface area (Å²) in [6.07, 6.45) is -0.637. The predicted octanol–water partition coefficient (Wildman–Crippen LogP) is 3.66. The molecule has 1 saturated heterocycles. The van der Waals surface area contributed by atoms with E-state index >= 15 is 0 Å². The highest BCUT2D eigenvalue weighted by molar-refractivity contribution is 7.48. The first kappa shape index (κ1) is 36.4. The summed E-state index contributed by atoms with van der Waals surface area (Å²) < 4.78 is 57.8. The van der Waals surface area contributed by atoms with Crippen LogP contribution in [-0.2, 0) is 28.3 Å². The maximum Gasteiger partial charge on any atom is 0.323 e. The van der Waals surface area contributed by atoms with Crippen molar-refractivity contribution in [3.63, 3.8) is 0 Å². The Kier molecular flexibility index (Phi) is 16.6. The zero-order valence-corrected chi connectivity index (χ0v) is 25.2. The van der Waals surface area contributed by atoms with Crippen molar-refractivity contribution in [2.24, 2.45) is 0 Å². The van der Waals surface area contributed by atoms with E-state index in [1.807, 2.05) is 13.8 Å². The van der Waals surface area contributed by atoms with E-state index in [-0.39, 0.29) is 37.6 Å². The van der Waals surface area contributed by atoms with Gasteiger partial charge in [0.05, 0.1) is 25.1 Å². The van der Waals surface area contributed by atoms with E-state index < -0.39 is 51.9 Å². The number of imidazole rings is 1. The first-order chi connectivity index (χ1) is 19.5. The van der Waals surface area contributed by atoms with Crippen LogP contribution >= 0.6 is 8.45 Å². The molecule has 0 aliphatic carbocycles. The maximum atomic E-state index is 14.9. The van der Waals surface area contributed by atoms with Crippen LogP contribution in [0.3, 0.4) is 0 Å². The van der Waals surface area contributed by atoms with Crippen molar-refractivity contribution in [1.29, 1.82) is 0 Å². The van der Waals surface area contributed by atoms with Gasteiger partial charge in [-0.3, -0.25) is 14.2 Å². The smallest absolute Gasteiger partial charge is 0.323 e. The number of aromatic nitrogens is 4. The number of fused-ring (bicyclic) bond motifs is 1. The van der Waals surface area contributed by atoms with Gasteiger partial charge in [-0.2, -0.15) is 0 Å². The fourth-order valence-corrected chi connectivity index (χ4v) is 4.65. The van der Waals surface area contributed by atoms with Gasteiger partial charge in [-0.15, -0.1) is 0 Å². The first-order valence-electron chi connectivity index (χ1n) is 13.1. The van der Waals surface area contributed by atoms with Crippen molar-refractivity contribution in [2.45, 2.75) is 91.6 Å². The quantitative estimate of drug-likeness (QED) is 0.236. The lowest BCUT2D eigenvalue weighted by atomic mass is 10.2. The molecule has 0 saturated carbocycles. The summed E-state index contributed by atoms with van der Waals surface area (Å²) in [6, 6.07) is -0.743. The van der Waals surface area contributed by atoms with Gasteiger partial charge in [0, 0.05) is 6.42 Å². The predicted molar refractivity (Wildman–Crippen MR) is 148 cm³/mol. The Morgan fingerprint density at radius 3 is 2.39 bits per heavy atom. The highest BCUT2D eigenvalue weighted by Gasteiger charge is 2.38. The fraction of sp³-hybridized carbons (Fsp3) is 0.708. The van der Waals surface area contributed by atoms with Gasteiger partial charge in [-0.05, 0) is 34.6 Å². The molecule has 0 spiro atoms. The number of hydrogen-bond acceptors (Lipinski definition) is 12. The summed E-state index contributed by atoms with van der Waals surface area (Å²) in [5.41, 5.74) is 6.67. The molecule has 3 rings (SSSR count). The highest BCUT2D eigenvalue weighted by atomic mass is 31.2. The molecule has 1 fully saturated rings. The SMILES string of the molecule is CC.CC(C)OC(=O)CNP(NC(C)C(=O)OC(C)C)OCC1OC(n2cnc3c(N)ncnc32)CC1F.FCF. The number of nitrogens with two attached hydrogens (primary N) is 1. The van der Waals surface area contributed by atoms with Crippen LogP contribution in [0.4, 0.5) is 19.0 Å². The second kappa shape index (κ2) is 18.7. The van der Waals surface area contributed by atoms with Gasteiger partial charge in [-0.1, -0.05) is 13.8 Å². The number of nitrogen functional groups attached to an aromatic ring is 1. The minimum absolute atomic E-state index is 0.0556. The normalized spacial score (nSPS) is 19.7. The minimum atomic E-state index is -1.75. The molecular formula is C24H41F3N7O6P. The zero-order valence-electron chi connectivity index (χ0n) is 24.3. The van der Waals surface area contributed by atoms with Gasteiger partial charge in [0.25, 0.3) is 0 Å². The van der Waals surface area contributed by atoms with Crippen molar-refractivity contribution in [1.82, 2.24) is 29.7 Å². The molecule has 0 radical (unpaired) electrons. The van der Waals surface area contributed by atoms with Crippen LogP contribution in [0.5, 0.6) is 0 Å². The van der Waals surface area contributed by atoms with Crippen molar-refractivity contribution < 1.29 is 41.5 Å². The lowest BCUT2D eigenvalue weighted by Crippen LogP contribution is -2.38. The van der Waals surface area contributed by atoms with Crippen molar-refractivity contribution in [3.05, 3.63) is 12.7 Å². The van der Waals surface area contributed by atoms with Crippen LogP contribution in [0.2, 0.25) is 0 Å². The van der Waals surface area contributed by atoms with E-state index in [2.05, 4.69) is 25.1 Å². The molecule has 3 heterocycles. The van der Waals surface area contributed by atoms with Crippen LogP contribution < -0.4 is 15.9 Å². The molecule has 4 N–H and O–H groups in total. The number of carbonyl (C=O) groups is 2. The third kappa shape index (κ3) is 12.0. The Morgan fingerprint density at radius 1 is 1.15 bits per heavy atom. The number of esters is 2. The topological polar surface area (TPSA) is 165 Å². The highest BCUT2D eigenvalue weighted by Crippen LogP contribution is 2.36. The Hall–Kier alpha value is -2.65. The van der Waals surface area contributed by atoms with Crippen molar-refractivity contribution >= 4 is 37.4 Å². The Morgan fingerprint density at radius 2 is 1.78 bits per heavy atom. The molecule has 234 valence electrons. The van der Waals surface area contributed by atoms with Crippen LogP contribution in [0.1, 0.15) is 61.1 Å². The van der Waals surface area contributed by atoms with E-state index in [9.17, 15) is 22.8 Å². The number of halogens is 3. The Labute approximate surface area is 239 Å². The Balaban J connectivity index is 0.00000157. The summed E-state index contributed by atoms with van der Waals surface area (Å²) in [7, 11) is -1.75. The summed E-state index contributed by atoms with van der Waals surface area (Å²) in [5, 5.41) is 5.86. The maximum absolute atomic E-state index is 14.9. The van der Waals surface area contributed by atoms with E-state index in [1.165, 1.54) is 12.7 Å². The lowest BCUT2D eigenvalue weighted by Gasteiger charge is -2.25. The molecule has 5 atom stereocenters. The minimum Gasteiger partial charge on any atom is -0.462 e. The average Bonchev–Trinajstić information content (AvgIpc) is 3.50. The largest absolute Gasteiger partial charge is 0.462 e. The second-order valence-corrected chi connectivity index (χ2v) is 10.3. The standard InChI is InChI=1S/C21H33FN7O6P.C2H6.CH2F2/c1-11(2)33-17(30)7-27-36(28-13(5)21(31)34-12(3)4)32-8-15-14(22)6-16(35-15)29-10-26-18-19(23)24-9-25-20(18)29;1-2;2-1-3/h9-16,27-28H,6-8H2,1-5H3,(H2,23,24,25);1-2H3;1H2. The fourth-order valence-electron chi connectivity index (χ4n) is 3.37. The molecule has 0 aromatic carbocycles. The summed E-state index contributed by atoms with van der Waals surface area (Å²) in [5.74, 6) is -0.757. The van der Waals surface area contributed by atoms with Gasteiger partial charge in [-0.25, -0.2) is 38.3 Å². The number of hydrogen-bond donors (Lipinski definition) is 3. The Bertz CT molecular complexity index is 1070. The van der Waals surface area contributed by atoms with Gasteiger partial charge in [0.2, 0.25) is 6.93 Å². The summed E-state index contributed by atoms with van der Waals surface area (Å²) in [6.45, 7) is 10.5. The molecule has 1 aliphatic heterocycles. The molecule has 1 aliphatic rings. The third-order valence-corrected chi connectivity index (χ3v) is 6.45. The van der Waals surface area contributed by atoms with Crippen LogP contribution in [0, 0.1) is 0 Å². The van der Waals surface area contributed by atoms with E-state index in [1.54, 1.807) is 39.2 Å². The number of ether oxygens (including phenoxy) is 3. The molecule has 41 heavy (non-hydrogen) atoms. The van der Waals surface area contributed by atoms with Crippen LogP contribution in [0.25, 0.3) is 11.2 Å². The number of nitrogens with one attached hydrogen (secondary N) is 2. The van der Waals surface area contributed by atoms with Crippen LogP contribution in [-0.4, -0.2) is 82.1 Å². The van der Waals surface area contributed by atoms with Gasteiger partial charge < -0.3 is 24.5 Å². The number of nitrogens with zero attached hydrogens (tertiary/aromatic N) is 4. The number of carbonyl (C=O) groups excluding carboxylic acids is 2. The van der Waals surface area contributed by atoms with Crippen molar-refractivity contribution in [3.8, 4) is 0 Å². The molecule has 2 aromatic heterocycles. The number of anilines is 1. The molecule has 13 nitrogen and oxygen atoms in total. The third-order valence-electron chi connectivity index (χ3n) is 4.98. The molecule has 0 bridgehead atoms. The van der Waals surface area contributed by atoms with E-state index in [0.29, 0.717) is 11.2 Å². The van der Waals surface area contributed by atoms with E-state index in [4.69, 9.17) is 24.5 Å². The van der Waals surface area contributed by atoms with Crippen LogP contribution in [0.15, 0.2) is 12.7 Å². The van der Waals surface area contributed by atoms with Gasteiger partial charge >= 0.3 is 11.9 Å². The van der Waals surface area contributed by atoms with E-state index in [0.717, 1.165) is 0 Å². The molecule has 0 amide bonds. The number of alkyl halides is 3. The monoisotopic (exact) mass is 611 g/mol. The van der Waals surface area contributed by atoms with Crippen molar-refractivity contribution in [2.75, 3.05) is 25.8 Å². The summed E-state index contributed by atoms with van der Waals surface area (Å²) in [4.78, 5) is 36.5. The number of rotatable bonds is 12. The molecule has 2 aromatic rings. The molecule has 5 unspecified atom stereocenters. The van der Waals surface area contributed by atoms with Gasteiger partial charge in [0.1, 0.15) is 42.9 Å². The zero-order chi connectivity index (χ0) is 31.1. The second-order valence-electron chi connectivity index (χ2n) is 8.86. The van der Waals surface area contributed by atoms with Gasteiger partial charge in [0.15, 0.2) is 19.9 Å².